The van der Waals surface area contributed by atoms with Crippen molar-refractivity contribution in [2.75, 3.05) is 31.0 Å². The maximum atomic E-state index is 12.9. The van der Waals surface area contributed by atoms with Crippen LogP contribution in [0.5, 0.6) is 11.5 Å². The minimum Gasteiger partial charge on any atom is -0.493 e. The van der Waals surface area contributed by atoms with Crippen LogP contribution in [0, 0.1) is 5.92 Å². The molecule has 0 radical (unpaired) electrons. The van der Waals surface area contributed by atoms with E-state index >= 15 is 0 Å². The van der Waals surface area contributed by atoms with E-state index in [1.807, 2.05) is 24.3 Å². The van der Waals surface area contributed by atoms with Crippen LogP contribution in [0.2, 0.25) is 0 Å². The van der Waals surface area contributed by atoms with Crippen molar-refractivity contribution in [1.82, 2.24) is 15.2 Å². The molecule has 2 amide bonds. The van der Waals surface area contributed by atoms with Crippen molar-refractivity contribution in [2.45, 2.75) is 25.2 Å². The summed E-state index contributed by atoms with van der Waals surface area (Å²) in [5.41, 5.74) is 2.14. The lowest BCUT2D eigenvalue weighted by Gasteiger charge is -2.18. The molecular weight excluding hydrogens is 422 g/mol. The van der Waals surface area contributed by atoms with Crippen LogP contribution in [-0.4, -0.2) is 47.8 Å². The second-order valence-electron chi connectivity index (χ2n) is 8.33. The molecule has 170 valence electrons. The Morgan fingerprint density at radius 1 is 1.12 bits per heavy atom. The molecule has 2 aromatic carbocycles. The zero-order chi connectivity index (χ0) is 22.9. The van der Waals surface area contributed by atoms with Crippen molar-refractivity contribution in [3.05, 3.63) is 48.3 Å². The summed E-state index contributed by atoms with van der Waals surface area (Å²) in [5, 5.41) is 10.3. The SMILES string of the molecule is COc1ccc(N2CC(C(=O)Nc3cccc(-c4n[nH]c(C5CC5)n4)c3)CC2=O)cc1OC. The minimum absolute atomic E-state index is 0.107. The van der Waals surface area contributed by atoms with Crippen LogP contribution in [-0.2, 0) is 9.59 Å². The number of nitrogens with zero attached hydrogens (tertiary/aromatic N) is 3. The summed E-state index contributed by atoms with van der Waals surface area (Å²) in [6, 6.07) is 12.7. The number of hydrogen-bond donors (Lipinski definition) is 2. The fraction of sp³-hybridized carbons (Fsp3) is 0.333. The van der Waals surface area contributed by atoms with Gasteiger partial charge in [0, 0.05) is 41.9 Å². The van der Waals surface area contributed by atoms with E-state index in [1.54, 1.807) is 37.3 Å². The minimum atomic E-state index is -0.459. The summed E-state index contributed by atoms with van der Waals surface area (Å²) in [4.78, 5) is 31.8. The Morgan fingerprint density at radius 2 is 1.94 bits per heavy atom. The number of ether oxygens (including phenoxy) is 2. The van der Waals surface area contributed by atoms with E-state index in [1.165, 1.54) is 0 Å². The molecule has 1 aromatic heterocycles. The largest absolute Gasteiger partial charge is 0.493 e. The molecule has 1 unspecified atom stereocenters. The molecule has 9 heteroatoms. The van der Waals surface area contributed by atoms with E-state index in [4.69, 9.17) is 9.47 Å². The third-order valence-electron chi connectivity index (χ3n) is 6.03. The molecule has 1 aliphatic carbocycles. The molecule has 2 aliphatic rings. The number of amides is 2. The topological polar surface area (TPSA) is 109 Å². The van der Waals surface area contributed by atoms with Gasteiger partial charge in [0.05, 0.1) is 20.1 Å². The van der Waals surface area contributed by atoms with Crippen LogP contribution in [0.1, 0.15) is 31.0 Å². The summed E-state index contributed by atoms with van der Waals surface area (Å²) in [6.07, 6.45) is 2.43. The fourth-order valence-electron chi connectivity index (χ4n) is 4.05. The first-order valence-electron chi connectivity index (χ1n) is 10.9. The number of H-pyrrole nitrogens is 1. The second-order valence-corrected chi connectivity index (χ2v) is 8.33. The quantitative estimate of drug-likeness (QED) is 0.575. The molecule has 0 bridgehead atoms. The molecule has 1 atom stereocenters. The van der Waals surface area contributed by atoms with Crippen molar-refractivity contribution >= 4 is 23.2 Å². The van der Waals surface area contributed by atoms with E-state index in [0.717, 1.165) is 24.2 Å². The van der Waals surface area contributed by atoms with Crippen LogP contribution in [0.4, 0.5) is 11.4 Å². The molecule has 2 heterocycles. The van der Waals surface area contributed by atoms with Crippen molar-refractivity contribution in [3.63, 3.8) is 0 Å². The Bertz CT molecular complexity index is 1200. The highest BCUT2D eigenvalue weighted by molar-refractivity contribution is 6.03. The van der Waals surface area contributed by atoms with Gasteiger partial charge in [0.15, 0.2) is 17.3 Å². The van der Waals surface area contributed by atoms with Gasteiger partial charge < -0.3 is 19.7 Å². The Kier molecular flexibility index (Phi) is 5.45. The van der Waals surface area contributed by atoms with Crippen molar-refractivity contribution < 1.29 is 19.1 Å². The van der Waals surface area contributed by atoms with Crippen LogP contribution in [0.25, 0.3) is 11.4 Å². The number of carbonyl (C=O) groups is 2. The number of rotatable bonds is 7. The number of methoxy groups -OCH3 is 2. The highest BCUT2D eigenvalue weighted by atomic mass is 16.5. The average molecular weight is 447 g/mol. The lowest BCUT2D eigenvalue weighted by Crippen LogP contribution is -2.28. The van der Waals surface area contributed by atoms with Gasteiger partial charge in [0.1, 0.15) is 5.82 Å². The molecular formula is C24H25N5O4. The summed E-state index contributed by atoms with van der Waals surface area (Å²) < 4.78 is 10.6. The Labute approximate surface area is 191 Å². The predicted octanol–water partition coefficient (Wildman–Crippen LogP) is 3.36. The number of aromatic nitrogens is 3. The molecule has 33 heavy (non-hydrogen) atoms. The first-order valence-corrected chi connectivity index (χ1v) is 10.9. The molecule has 0 spiro atoms. The van der Waals surface area contributed by atoms with Crippen molar-refractivity contribution in [2.24, 2.45) is 5.92 Å². The molecule has 9 nitrogen and oxygen atoms in total. The van der Waals surface area contributed by atoms with E-state index in [0.29, 0.717) is 41.2 Å². The highest BCUT2D eigenvalue weighted by Crippen LogP contribution is 2.38. The summed E-state index contributed by atoms with van der Waals surface area (Å²) in [6.45, 7) is 0.297. The smallest absolute Gasteiger partial charge is 0.229 e. The maximum absolute atomic E-state index is 12.9. The van der Waals surface area contributed by atoms with Gasteiger partial charge in [-0.1, -0.05) is 12.1 Å². The lowest BCUT2D eigenvalue weighted by molar-refractivity contribution is -0.122. The van der Waals surface area contributed by atoms with Crippen molar-refractivity contribution in [3.8, 4) is 22.9 Å². The van der Waals surface area contributed by atoms with E-state index in [-0.39, 0.29) is 18.2 Å². The zero-order valence-corrected chi connectivity index (χ0v) is 18.5. The van der Waals surface area contributed by atoms with E-state index < -0.39 is 5.92 Å². The molecule has 5 rings (SSSR count). The summed E-state index contributed by atoms with van der Waals surface area (Å²) >= 11 is 0. The monoisotopic (exact) mass is 447 g/mol. The summed E-state index contributed by atoms with van der Waals surface area (Å²) in [5.74, 6) is 2.37. The Balaban J connectivity index is 1.27. The number of anilines is 2. The highest BCUT2D eigenvalue weighted by Gasteiger charge is 2.35. The van der Waals surface area contributed by atoms with Crippen LogP contribution >= 0.6 is 0 Å². The third kappa shape index (κ3) is 4.26. The van der Waals surface area contributed by atoms with Gasteiger partial charge in [-0.05, 0) is 37.1 Å². The second kappa shape index (κ2) is 8.57. The molecule has 1 aliphatic heterocycles. The first kappa shape index (κ1) is 21.0. The van der Waals surface area contributed by atoms with Gasteiger partial charge in [-0.3, -0.25) is 14.7 Å². The van der Waals surface area contributed by atoms with Gasteiger partial charge in [0.25, 0.3) is 0 Å². The van der Waals surface area contributed by atoms with Gasteiger partial charge in [-0.25, -0.2) is 4.98 Å². The third-order valence-corrected chi connectivity index (χ3v) is 6.03. The predicted molar refractivity (Wildman–Crippen MR) is 122 cm³/mol. The number of hydrogen-bond acceptors (Lipinski definition) is 6. The number of benzene rings is 2. The Morgan fingerprint density at radius 3 is 2.70 bits per heavy atom. The first-order chi connectivity index (χ1) is 16.1. The fourth-order valence-corrected chi connectivity index (χ4v) is 4.05. The van der Waals surface area contributed by atoms with Crippen LogP contribution in [0.15, 0.2) is 42.5 Å². The zero-order valence-electron chi connectivity index (χ0n) is 18.5. The number of nitrogens with one attached hydrogen (secondary N) is 2. The van der Waals surface area contributed by atoms with Gasteiger partial charge in [0.2, 0.25) is 11.8 Å². The van der Waals surface area contributed by atoms with Gasteiger partial charge >= 0.3 is 0 Å². The number of aromatic amines is 1. The van der Waals surface area contributed by atoms with E-state index in [2.05, 4.69) is 20.5 Å². The lowest BCUT2D eigenvalue weighted by atomic mass is 10.1. The van der Waals surface area contributed by atoms with Gasteiger partial charge in [-0.15, -0.1) is 0 Å². The van der Waals surface area contributed by atoms with Gasteiger partial charge in [-0.2, -0.15) is 5.10 Å². The average Bonchev–Trinajstić information content (AvgIpc) is 3.43. The maximum Gasteiger partial charge on any atom is 0.229 e. The molecule has 3 aromatic rings. The van der Waals surface area contributed by atoms with Crippen molar-refractivity contribution in [1.29, 1.82) is 0 Å². The molecule has 2 fully saturated rings. The Hall–Kier alpha value is -3.88. The summed E-state index contributed by atoms with van der Waals surface area (Å²) in [7, 11) is 3.10. The van der Waals surface area contributed by atoms with E-state index in [9.17, 15) is 9.59 Å². The van der Waals surface area contributed by atoms with Crippen LogP contribution < -0.4 is 19.7 Å². The standard InChI is InChI=1S/C24H25N5O4/c1-32-19-9-8-18(12-20(19)33-2)29-13-16(11-21(29)30)24(31)25-17-5-3-4-15(10-17)23-26-22(27-28-23)14-6-7-14/h3-5,8-10,12,14,16H,6-7,11,13H2,1-2H3,(H,25,31)(H,26,27,28). The normalized spacial score (nSPS) is 17.8. The molecule has 2 N–H and O–H groups in total. The molecule has 1 saturated heterocycles. The number of carbonyl (C=O) groups excluding carboxylic acids is 2. The van der Waals surface area contributed by atoms with Crippen LogP contribution in [0.3, 0.4) is 0 Å². The molecule has 1 saturated carbocycles.